The molecule has 0 bridgehead atoms. The molecule has 8 heteroatoms. The number of carbonyl (C=O) groups is 2. The van der Waals surface area contributed by atoms with Crippen molar-refractivity contribution in [1.29, 1.82) is 0 Å². The molecule has 2 aromatic rings. The highest BCUT2D eigenvalue weighted by molar-refractivity contribution is 5.79. The van der Waals surface area contributed by atoms with Gasteiger partial charge < -0.3 is 25.2 Å². The highest BCUT2D eigenvalue weighted by Crippen LogP contribution is 2.29. The number of likely N-dealkylation sites (N-methyl/N-ethyl adjacent to an activating group) is 1. The van der Waals surface area contributed by atoms with Gasteiger partial charge in [-0.05, 0) is 49.9 Å². The summed E-state index contributed by atoms with van der Waals surface area (Å²) in [6.07, 6.45) is 0.0649. The lowest BCUT2D eigenvalue weighted by atomic mass is 10.0. The van der Waals surface area contributed by atoms with Crippen LogP contribution in [-0.4, -0.2) is 57.1 Å². The second kappa shape index (κ2) is 11.1. The van der Waals surface area contributed by atoms with E-state index in [1.165, 1.54) is 19.1 Å². The van der Waals surface area contributed by atoms with E-state index in [0.29, 0.717) is 5.75 Å². The van der Waals surface area contributed by atoms with Crippen molar-refractivity contribution in [1.82, 2.24) is 15.5 Å². The molecule has 2 aromatic carbocycles. The molecular formula is C25H33FN4O3. The minimum atomic E-state index is -0.481. The van der Waals surface area contributed by atoms with E-state index in [1.807, 2.05) is 19.1 Å². The topological polar surface area (TPSA) is 73.9 Å². The van der Waals surface area contributed by atoms with E-state index in [2.05, 4.69) is 27.5 Å². The minimum absolute atomic E-state index is 0.0649. The number of piperazine rings is 1. The van der Waals surface area contributed by atoms with Crippen molar-refractivity contribution in [2.75, 3.05) is 45.2 Å². The molecule has 33 heavy (non-hydrogen) atoms. The number of hydrogen-bond donors (Lipinski definition) is 2. The van der Waals surface area contributed by atoms with Crippen molar-refractivity contribution in [3.63, 3.8) is 0 Å². The van der Waals surface area contributed by atoms with Crippen molar-refractivity contribution >= 4 is 17.5 Å². The fraction of sp³-hybridized carbons (Fsp3) is 0.440. The molecule has 0 spiro atoms. The van der Waals surface area contributed by atoms with Crippen LogP contribution in [0.4, 0.5) is 10.1 Å². The van der Waals surface area contributed by atoms with Gasteiger partial charge in [0.05, 0.1) is 25.6 Å². The van der Waals surface area contributed by atoms with Gasteiger partial charge in [0.15, 0.2) is 0 Å². The van der Waals surface area contributed by atoms with Gasteiger partial charge in [-0.15, -0.1) is 0 Å². The first-order valence-corrected chi connectivity index (χ1v) is 11.2. The summed E-state index contributed by atoms with van der Waals surface area (Å²) in [6, 6.07) is 11.1. The predicted molar refractivity (Wildman–Crippen MR) is 127 cm³/mol. The number of nitrogens with zero attached hydrogens (tertiary/aromatic N) is 2. The maximum absolute atomic E-state index is 14.1. The van der Waals surface area contributed by atoms with Crippen LogP contribution in [0, 0.1) is 5.82 Å². The van der Waals surface area contributed by atoms with Crippen LogP contribution < -0.4 is 20.3 Å². The van der Waals surface area contributed by atoms with Crippen molar-refractivity contribution in [3.8, 4) is 5.75 Å². The van der Waals surface area contributed by atoms with E-state index in [-0.39, 0.29) is 24.1 Å². The highest BCUT2D eigenvalue weighted by atomic mass is 19.1. The van der Waals surface area contributed by atoms with Crippen molar-refractivity contribution in [2.24, 2.45) is 0 Å². The standard InChI is InChI=1S/C25H33FN4O3/c1-17(22-15-20(26)7-10-24(22)30-13-11-29(3)12-14-30)27-25(32)16-23(28-18(2)31)19-5-8-21(33-4)9-6-19/h5-10,15,17,23H,11-14,16H2,1-4H3,(H,27,32)(H,28,31). The molecule has 178 valence electrons. The number of hydrogen-bond acceptors (Lipinski definition) is 5. The summed E-state index contributed by atoms with van der Waals surface area (Å²) in [5.41, 5.74) is 2.48. The average molecular weight is 457 g/mol. The highest BCUT2D eigenvalue weighted by Gasteiger charge is 2.23. The first-order chi connectivity index (χ1) is 15.8. The normalized spacial score (nSPS) is 16.1. The Morgan fingerprint density at radius 1 is 1.06 bits per heavy atom. The zero-order valence-electron chi connectivity index (χ0n) is 19.7. The van der Waals surface area contributed by atoms with Crippen LogP contribution >= 0.6 is 0 Å². The van der Waals surface area contributed by atoms with Gasteiger partial charge in [-0.25, -0.2) is 4.39 Å². The number of rotatable bonds is 8. The Morgan fingerprint density at radius 2 is 1.73 bits per heavy atom. The molecule has 0 aromatic heterocycles. The predicted octanol–water partition coefficient (Wildman–Crippen LogP) is 3.03. The third-order valence-electron chi connectivity index (χ3n) is 5.96. The van der Waals surface area contributed by atoms with Gasteiger partial charge in [-0.3, -0.25) is 9.59 Å². The van der Waals surface area contributed by atoms with E-state index in [4.69, 9.17) is 4.74 Å². The first-order valence-electron chi connectivity index (χ1n) is 11.2. The van der Waals surface area contributed by atoms with E-state index in [1.54, 1.807) is 25.3 Å². The molecular weight excluding hydrogens is 423 g/mol. The van der Waals surface area contributed by atoms with Gasteiger partial charge in [-0.1, -0.05) is 12.1 Å². The fourth-order valence-electron chi connectivity index (χ4n) is 4.10. The van der Waals surface area contributed by atoms with Gasteiger partial charge in [-0.2, -0.15) is 0 Å². The van der Waals surface area contributed by atoms with Crippen LogP contribution in [0.2, 0.25) is 0 Å². The van der Waals surface area contributed by atoms with Crippen LogP contribution in [0.5, 0.6) is 5.75 Å². The van der Waals surface area contributed by atoms with E-state index in [0.717, 1.165) is 43.0 Å². The molecule has 0 radical (unpaired) electrons. The monoisotopic (exact) mass is 456 g/mol. The third-order valence-corrected chi connectivity index (χ3v) is 5.96. The Bertz CT molecular complexity index is 959. The average Bonchev–Trinajstić information content (AvgIpc) is 2.79. The summed E-state index contributed by atoms with van der Waals surface area (Å²) in [7, 11) is 3.66. The number of carbonyl (C=O) groups excluding carboxylic acids is 2. The maximum atomic E-state index is 14.1. The first kappa shape index (κ1) is 24.5. The molecule has 1 aliphatic rings. The molecule has 2 unspecified atom stereocenters. The molecule has 2 atom stereocenters. The second-order valence-corrected chi connectivity index (χ2v) is 8.51. The lowest BCUT2D eigenvalue weighted by Crippen LogP contribution is -2.45. The number of halogens is 1. The zero-order chi connectivity index (χ0) is 24.0. The van der Waals surface area contributed by atoms with Crippen LogP contribution in [0.15, 0.2) is 42.5 Å². The molecule has 2 N–H and O–H groups in total. The van der Waals surface area contributed by atoms with Crippen LogP contribution in [0.25, 0.3) is 0 Å². The van der Waals surface area contributed by atoms with Crippen molar-refractivity contribution in [3.05, 3.63) is 59.4 Å². The number of methoxy groups -OCH3 is 1. The Kier molecular flexibility index (Phi) is 8.27. The molecule has 7 nitrogen and oxygen atoms in total. The fourth-order valence-corrected chi connectivity index (χ4v) is 4.10. The van der Waals surface area contributed by atoms with Crippen LogP contribution in [0.3, 0.4) is 0 Å². The lowest BCUT2D eigenvalue weighted by Gasteiger charge is -2.36. The molecule has 3 rings (SSSR count). The summed E-state index contributed by atoms with van der Waals surface area (Å²) in [4.78, 5) is 29.2. The summed E-state index contributed by atoms with van der Waals surface area (Å²) in [6.45, 7) is 6.82. The van der Waals surface area contributed by atoms with Crippen molar-refractivity contribution < 1.29 is 18.7 Å². The maximum Gasteiger partial charge on any atom is 0.222 e. The van der Waals surface area contributed by atoms with Gasteiger partial charge in [0, 0.05) is 44.4 Å². The van der Waals surface area contributed by atoms with Gasteiger partial charge >= 0.3 is 0 Å². The summed E-state index contributed by atoms with van der Waals surface area (Å²) in [5.74, 6) is -0.0934. The van der Waals surface area contributed by atoms with Gasteiger partial charge in [0.2, 0.25) is 11.8 Å². The number of ether oxygens (including phenoxy) is 1. The Morgan fingerprint density at radius 3 is 2.33 bits per heavy atom. The van der Waals surface area contributed by atoms with E-state index >= 15 is 0 Å². The Labute approximate surface area is 194 Å². The Balaban J connectivity index is 1.73. The Hall–Kier alpha value is -3.13. The van der Waals surface area contributed by atoms with Crippen LogP contribution in [0.1, 0.15) is 43.5 Å². The summed E-state index contributed by atoms with van der Waals surface area (Å²) in [5, 5.41) is 5.83. The molecule has 1 fully saturated rings. The second-order valence-electron chi connectivity index (χ2n) is 8.51. The molecule has 0 saturated carbocycles. The van der Waals surface area contributed by atoms with Gasteiger partial charge in [0.25, 0.3) is 0 Å². The molecule has 0 aliphatic carbocycles. The quantitative estimate of drug-likeness (QED) is 0.639. The molecule has 2 amide bonds. The molecule has 1 saturated heterocycles. The number of benzene rings is 2. The zero-order valence-corrected chi connectivity index (χ0v) is 19.7. The molecule has 1 heterocycles. The molecule has 1 aliphatic heterocycles. The van der Waals surface area contributed by atoms with Gasteiger partial charge in [0.1, 0.15) is 11.6 Å². The summed E-state index contributed by atoms with van der Waals surface area (Å²) < 4.78 is 19.3. The number of amides is 2. The third kappa shape index (κ3) is 6.68. The SMILES string of the molecule is COc1ccc(C(CC(=O)NC(C)c2cc(F)ccc2N2CCN(C)CC2)NC(C)=O)cc1. The lowest BCUT2D eigenvalue weighted by molar-refractivity contribution is -0.123. The smallest absolute Gasteiger partial charge is 0.222 e. The minimum Gasteiger partial charge on any atom is -0.497 e. The van der Waals surface area contributed by atoms with Crippen molar-refractivity contribution in [2.45, 2.75) is 32.4 Å². The van der Waals surface area contributed by atoms with E-state index in [9.17, 15) is 14.0 Å². The largest absolute Gasteiger partial charge is 0.497 e. The summed E-state index contributed by atoms with van der Waals surface area (Å²) >= 11 is 0. The number of anilines is 1. The van der Waals surface area contributed by atoms with E-state index < -0.39 is 12.1 Å². The van der Waals surface area contributed by atoms with Crippen LogP contribution in [-0.2, 0) is 9.59 Å². The number of nitrogens with one attached hydrogen (secondary N) is 2.